The first-order chi connectivity index (χ1) is 7.30. The highest BCUT2D eigenvalue weighted by atomic mass is 15.3. The molecule has 96 valence electrons. The van der Waals surface area contributed by atoms with Gasteiger partial charge in [-0.05, 0) is 54.9 Å². The van der Waals surface area contributed by atoms with Gasteiger partial charge in [-0.3, -0.25) is 0 Å². The summed E-state index contributed by atoms with van der Waals surface area (Å²) in [5, 5.41) is 0. The van der Waals surface area contributed by atoms with Crippen LogP contribution >= 0.6 is 0 Å². The lowest BCUT2D eigenvalue weighted by molar-refractivity contribution is 0.151. The molecule has 3 nitrogen and oxygen atoms in total. The molecule has 1 heterocycles. The van der Waals surface area contributed by atoms with E-state index in [1.165, 1.54) is 32.6 Å². The van der Waals surface area contributed by atoms with E-state index in [4.69, 9.17) is 0 Å². The van der Waals surface area contributed by atoms with Crippen molar-refractivity contribution in [1.29, 1.82) is 0 Å². The third-order valence-electron chi connectivity index (χ3n) is 3.87. The molecule has 0 aliphatic carbocycles. The van der Waals surface area contributed by atoms with Crippen LogP contribution in [-0.4, -0.2) is 73.6 Å². The van der Waals surface area contributed by atoms with Crippen molar-refractivity contribution < 1.29 is 0 Å². The Hall–Kier alpha value is -0.120. The fourth-order valence-electron chi connectivity index (χ4n) is 2.06. The predicted octanol–water partition coefficient (Wildman–Crippen LogP) is 1.35. The van der Waals surface area contributed by atoms with Crippen LogP contribution < -0.4 is 0 Å². The van der Waals surface area contributed by atoms with Crippen molar-refractivity contribution in [1.82, 2.24) is 14.7 Å². The summed E-state index contributed by atoms with van der Waals surface area (Å²) < 4.78 is 0. The maximum atomic E-state index is 2.59. The molecule has 0 bridgehead atoms. The molecule has 0 spiro atoms. The van der Waals surface area contributed by atoms with Crippen LogP contribution in [0, 0.1) is 0 Å². The molecule has 1 fully saturated rings. The Balaban J connectivity index is 2.25. The van der Waals surface area contributed by atoms with Gasteiger partial charge < -0.3 is 14.7 Å². The normalized spacial score (nSPS) is 23.6. The lowest BCUT2D eigenvalue weighted by Gasteiger charge is -2.33. The molecule has 0 N–H and O–H groups in total. The third-order valence-corrected chi connectivity index (χ3v) is 3.87. The minimum absolute atomic E-state index is 0.292. The molecule has 0 unspecified atom stereocenters. The Morgan fingerprint density at radius 1 is 1.19 bits per heavy atom. The van der Waals surface area contributed by atoms with E-state index < -0.39 is 0 Å². The molecule has 0 amide bonds. The lowest BCUT2D eigenvalue weighted by Crippen LogP contribution is -2.43. The predicted molar refractivity (Wildman–Crippen MR) is 70.9 cm³/mol. The van der Waals surface area contributed by atoms with E-state index in [0.717, 1.165) is 6.04 Å². The lowest BCUT2D eigenvalue weighted by atomic mass is 10.1. The Morgan fingerprint density at radius 2 is 1.81 bits per heavy atom. The maximum absolute atomic E-state index is 2.59. The van der Waals surface area contributed by atoms with Crippen LogP contribution in [0.5, 0.6) is 0 Å². The third kappa shape index (κ3) is 4.04. The summed E-state index contributed by atoms with van der Waals surface area (Å²) in [4.78, 5) is 7.39. The number of nitrogens with zero attached hydrogens (tertiary/aromatic N) is 3. The summed E-state index contributed by atoms with van der Waals surface area (Å²) in [6.07, 6.45) is 1.33. The molecule has 1 aliphatic heterocycles. The molecule has 1 saturated heterocycles. The zero-order chi connectivity index (χ0) is 12.3. The second-order valence-corrected chi connectivity index (χ2v) is 6.30. The van der Waals surface area contributed by atoms with Crippen molar-refractivity contribution in [3.8, 4) is 0 Å². The standard InChI is InChI=1S/C13H29N3/c1-13(2,3)15(6)9-10-16-8-7-12(11-16)14(4)5/h12H,7-11H2,1-6H3/t12-/m1/s1. The van der Waals surface area contributed by atoms with Crippen molar-refractivity contribution in [2.24, 2.45) is 0 Å². The molecule has 1 rings (SSSR count). The highest BCUT2D eigenvalue weighted by Gasteiger charge is 2.24. The second-order valence-electron chi connectivity index (χ2n) is 6.30. The van der Waals surface area contributed by atoms with Gasteiger partial charge in [0.25, 0.3) is 0 Å². The zero-order valence-electron chi connectivity index (χ0n) is 12.0. The summed E-state index contributed by atoms with van der Waals surface area (Å²) in [6.45, 7) is 11.7. The van der Waals surface area contributed by atoms with Crippen LogP contribution in [0.2, 0.25) is 0 Å². The molecule has 3 heteroatoms. The van der Waals surface area contributed by atoms with Crippen LogP contribution in [0.4, 0.5) is 0 Å². The van der Waals surface area contributed by atoms with Crippen LogP contribution in [0.15, 0.2) is 0 Å². The van der Waals surface area contributed by atoms with Crippen LogP contribution in [0.3, 0.4) is 0 Å². The SMILES string of the molecule is CN(C)[C@@H]1CCN(CCN(C)C(C)(C)C)C1. The first-order valence-corrected chi connectivity index (χ1v) is 6.40. The van der Waals surface area contributed by atoms with Crippen molar-refractivity contribution in [2.45, 2.75) is 38.8 Å². The number of hydrogen-bond acceptors (Lipinski definition) is 3. The molecular formula is C13H29N3. The number of hydrogen-bond donors (Lipinski definition) is 0. The van der Waals surface area contributed by atoms with Gasteiger partial charge in [-0.15, -0.1) is 0 Å². The molecule has 0 aromatic carbocycles. The van der Waals surface area contributed by atoms with Gasteiger partial charge >= 0.3 is 0 Å². The molecule has 1 aliphatic rings. The van der Waals surface area contributed by atoms with Gasteiger partial charge in [-0.25, -0.2) is 0 Å². The Labute approximate surface area is 101 Å². The Kier molecular flexibility index (Phi) is 4.77. The molecule has 0 aromatic rings. The summed E-state index contributed by atoms with van der Waals surface area (Å²) in [6, 6.07) is 0.764. The smallest absolute Gasteiger partial charge is 0.0229 e. The summed E-state index contributed by atoms with van der Waals surface area (Å²) >= 11 is 0. The average molecular weight is 227 g/mol. The molecule has 0 aromatic heterocycles. The molecule has 0 saturated carbocycles. The van der Waals surface area contributed by atoms with E-state index in [1.807, 2.05) is 0 Å². The first kappa shape index (κ1) is 13.9. The number of rotatable bonds is 4. The highest BCUT2D eigenvalue weighted by molar-refractivity contribution is 4.82. The van der Waals surface area contributed by atoms with E-state index in [9.17, 15) is 0 Å². The van der Waals surface area contributed by atoms with Crippen molar-refractivity contribution in [3.05, 3.63) is 0 Å². The van der Waals surface area contributed by atoms with Gasteiger partial charge in [-0.2, -0.15) is 0 Å². The van der Waals surface area contributed by atoms with Gasteiger partial charge in [-0.1, -0.05) is 0 Å². The van der Waals surface area contributed by atoms with Gasteiger partial charge in [0.1, 0.15) is 0 Å². The van der Waals surface area contributed by atoms with Crippen LogP contribution in [0.25, 0.3) is 0 Å². The van der Waals surface area contributed by atoms with Crippen molar-refractivity contribution in [2.75, 3.05) is 47.3 Å². The van der Waals surface area contributed by atoms with E-state index in [2.05, 4.69) is 56.6 Å². The average Bonchev–Trinajstić information content (AvgIpc) is 2.60. The topological polar surface area (TPSA) is 9.72 Å². The molecular weight excluding hydrogens is 198 g/mol. The van der Waals surface area contributed by atoms with Crippen LogP contribution in [-0.2, 0) is 0 Å². The van der Waals surface area contributed by atoms with Crippen LogP contribution in [0.1, 0.15) is 27.2 Å². The van der Waals surface area contributed by atoms with Crippen molar-refractivity contribution >= 4 is 0 Å². The molecule has 0 radical (unpaired) electrons. The Bertz CT molecular complexity index is 208. The van der Waals surface area contributed by atoms with Crippen molar-refractivity contribution in [3.63, 3.8) is 0 Å². The molecule has 1 atom stereocenters. The largest absolute Gasteiger partial charge is 0.305 e. The first-order valence-electron chi connectivity index (χ1n) is 6.40. The monoisotopic (exact) mass is 227 g/mol. The quantitative estimate of drug-likeness (QED) is 0.718. The summed E-state index contributed by atoms with van der Waals surface area (Å²) in [7, 11) is 6.60. The van der Waals surface area contributed by atoms with Gasteiger partial charge in [0.05, 0.1) is 0 Å². The maximum Gasteiger partial charge on any atom is 0.0229 e. The van der Waals surface area contributed by atoms with E-state index >= 15 is 0 Å². The molecule has 16 heavy (non-hydrogen) atoms. The summed E-state index contributed by atoms with van der Waals surface area (Å²) in [5.41, 5.74) is 0.292. The van der Waals surface area contributed by atoms with E-state index in [0.29, 0.717) is 5.54 Å². The minimum Gasteiger partial charge on any atom is -0.305 e. The van der Waals surface area contributed by atoms with Gasteiger partial charge in [0.15, 0.2) is 0 Å². The fraction of sp³-hybridized carbons (Fsp3) is 1.00. The van der Waals surface area contributed by atoms with Gasteiger partial charge in [0, 0.05) is 31.2 Å². The minimum atomic E-state index is 0.292. The van der Waals surface area contributed by atoms with E-state index in [1.54, 1.807) is 0 Å². The summed E-state index contributed by atoms with van der Waals surface area (Å²) in [5.74, 6) is 0. The van der Waals surface area contributed by atoms with Gasteiger partial charge in [0.2, 0.25) is 0 Å². The fourth-order valence-corrected chi connectivity index (χ4v) is 2.06. The number of likely N-dealkylation sites (tertiary alicyclic amines) is 1. The van der Waals surface area contributed by atoms with E-state index in [-0.39, 0.29) is 0 Å². The zero-order valence-corrected chi connectivity index (χ0v) is 12.0. The Morgan fingerprint density at radius 3 is 2.25 bits per heavy atom. The second kappa shape index (κ2) is 5.48. The highest BCUT2D eigenvalue weighted by Crippen LogP contribution is 2.14. The number of likely N-dealkylation sites (N-methyl/N-ethyl adjacent to an activating group) is 2.